The molecule has 0 unspecified atom stereocenters. The first kappa shape index (κ1) is 14.2. The van der Waals surface area contributed by atoms with Crippen LogP contribution >= 0.6 is 11.6 Å². The quantitative estimate of drug-likeness (QED) is 0.499. The van der Waals surface area contributed by atoms with E-state index < -0.39 is 0 Å². The highest BCUT2D eigenvalue weighted by atomic mass is 35.5. The molecular weight excluding hydrogens is 305 g/mol. The smallest absolute Gasteiger partial charge is 0.230 e. The number of halogens is 2. The fraction of sp³-hybridized carbons (Fsp3) is 0. The molecular formula is C15H11ClFN5. The number of nitrogens with zero attached hydrogens (tertiary/aromatic N) is 2. The minimum atomic E-state index is -0.368. The maximum atomic E-state index is 13.5. The van der Waals surface area contributed by atoms with Gasteiger partial charge in [-0.3, -0.25) is 10.7 Å². The topological polar surface area (TPSA) is 87.7 Å². The molecule has 2 aromatic carbocycles. The molecule has 0 spiro atoms. The van der Waals surface area contributed by atoms with Gasteiger partial charge in [-0.25, -0.2) is 14.4 Å². The molecule has 1 aromatic heterocycles. The van der Waals surface area contributed by atoms with E-state index in [1.807, 2.05) is 0 Å². The van der Waals surface area contributed by atoms with Crippen LogP contribution in [0.2, 0.25) is 5.02 Å². The molecule has 0 fully saturated rings. The van der Waals surface area contributed by atoms with E-state index in [9.17, 15) is 4.39 Å². The van der Waals surface area contributed by atoms with Crippen molar-refractivity contribution in [2.75, 3.05) is 5.32 Å². The van der Waals surface area contributed by atoms with Crippen LogP contribution in [0.3, 0.4) is 0 Å². The number of nitrogens with two attached hydrogens (primary N) is 1. The minimum Gasteiger partial charge on any atom is -0.370 e. The molecule has 4 N–H and O–H groups in total. The van der Waals surface area contributed by atoms with Crippen LogP contribution in [0.25, 0.3) is 22.2 Å². The first-order valence-electron chi connectivity index (χ1n) is 6.37. The molecule has 110 valence electrons. The van der Waals surface area contributed by atoms with Crippen LogP contribution < -0.4 is 11.1 Å². The van der Waals surface area contributed by atoms with Gasteiger partial charge in [0, 0.05) is 16.0 Å². The van der Waals surface area contributed by atoms with Gasteiger partial charge in [-0.05, 0) is 30.3 Å². The number of hydrogen-bond acceptors (Lipinski definition) is 3. The summed E-state index contributed by atoms with van der Waals surface area (Å²) in [5, 5.41) is 11.1. The molecule has 0 radical (unpaired) electrons. The van der Waals surface area contributed by atoms with Crippen molar-refractivity contribution in [3.05, 3.63) is 53.3 Å². The van der Waals surface area contributed by atoms with Gasteiger partial charge in [0.25, 0.3) is 0 Å². The Bertz CT molecular complexity index is 881. The maximum Gasteiger partial charge on any atom is 0.230 e. The highest BCUT2D eigenvalue weighted by molar-refractivity contribution is 6.31. The highest BCUT2D eigenvalue weighted by Crippen LogP contribution is 2.29. The van der Waals surface area contributed by atoms with Crippen LogP contribution in [0.5, 0.6) is 0 Å². The summed E-state index contributed by atoms with van der Waals surface area (Å²) in [6, 6.07) is 11.2. The Hall–Kier alpha value is -2.73. The average molecular weight is 316 g/mol. The van der Waals surface area contributed by atoms with Gasteiger partial charge >= 0.3 is 0 Å². The van der Waals surface area contributed by atoms with Gasteiger partial charge in [0.1, 0.15) is 5.82 Å². The summed E-state index contributed by atoms with van der Waals surface area (Å²) >= 11 is 6.03. The Morgan fingerprint density at radius 1 is 1.18 bits per heavy atom. The van der Waals surface area contributed by atoms with Crippen LogP contribution in [0.1, 0.15) is 0 Å². The normalized spacial score (nSPS) is 10.6. The summed E-state index contributed by atoms with van der Waals surface area (Å²) in [5.41, 5.74) is 7.02. The molecule has 1 heterocycles. The summed E-state index contributed by atoms with van der Waals surface area (Å²) < 4.78 is 13.5. The second kappa shape index (κ2) is 5.57. The van der Waals surface area contributed by atoms with E-state index in [-0.39, 0.29) is 17.7 Å². The van der Waals surface area contributed by atoms with Crippen LogP contribution in [0.4, 0.5) is 10.3 Å². The SMILES string of the molecule is N=C(N)Nc1nc(-c2cccc(F)c2)c2cc(Cl)ccc2n1. The molecule has 7 heteroatoms. The minimum absolute atomic E-state index is 0.168. The van der Waals surface area contributed by atoms with E-state index in [4.69, 9.17) is 22.7 Å². The van der Waals surface area contributed by atoms with Crippen LogP contribution in [0.15, 0.2) is 42.5 Å². The first-order chi connectivity index (χ1) is 10.5. The summed E-state index contributed by atoms with van der Waals surface area (Å²) in [7, 11) is 0. The molecule has 0 aliphatic rings. The second-order valence-corrected chi connectivity index (χ2v) is 5.04. The lowest BCUT2D eigenvalue weighted by Crippen LogP contribution is -2.22. The zero-order valence-corrected chi connectivity index (χ0v) is 12.0. The number of hydrogen-bond donors (Lipinski definition) is 3. The number of guanidine groups is 1. The standard InChI is InChI=1S/C15H11ClFN5/c16-9-4-5-12-11(7-9)13(8-2-1-3-10(17)6-8)21-15(20-12)22-14(18)19/h1-7H,(H4,18,19,20,21,22). The third kappa shape index (κ3) is 2.82. The molecule has 0 bridgehead atoms. The van der Waals surface area contributed by atoms with Crippen LogP contribution in [-0.4, -0.2) is 15.9 Å². The van der Waals surface area contributed by atoms with Crippen LogP contribution in [-0.2, 0) is 0 Å². The first-order valence-corrected chi connectivity index (χ1v) is 6.75. The monoisotopic (exact) mass is 315 g/mol. The Balaban J connectivity index is 2.29. The Morgan fingerprint density at radius 2 is 2.00 bits per heavy atom. The molecule has 0 aliphatic heterocycles. The van der Waals surface area contributed by atoms with E-state index in [2.05, 4.69) is 15.3 Å². The van der Waals surface area contributed by atoms with Crippen molar-refractivity contribution in [3.63, 3.8) is 0 Å². The predicted molar refractivity (Wildman–Crippen MR) is 85.5 cm³/mol. The lowest BCUT2D eigenvalue weighted by molar-refractivity contribution is 0.628. The Morgan fingerprint density at radius 3 is 2.73 bits per heavy atom. The number of fused-ring (bicyclic) bond motifs is 1. The third-order valence-electron chi connectivity index (χ3n) is 3.00. The summed E-state index contributed by atoms with van der Waals surface area (Å²) in [6.07, 6.45) is 0. The van der Waals surface area contributed by atoms with E-state index in [1.165, 1.54) is 12.1 Å². The number of anilines is 1. The highest BCUT2D eigenvalue weighted by Gasteiger charge is 2.11. The van der Waals surface area contributed by atoms with E-state index in [1.54, 1.807) is 30.3 Å². The summed E-state index contributed by atoms with van der Waals surface area (Å²) in [4.78, 5) is 8.59. The zero-order valence-electron chi connectivity index (χ0n) is 11.3. The van der Waals surface area contributed by atoms with E-state index in [0.29, 0.717) is 27.2 Å². The maximum absolute atomic E-state index is 13.5. The summed E-state index contributed by atoms with van der Waals surface area (Å²) in [5.74, 6) is -0.479. The lowest BCUT2D eigenvalue weighted by atomic mass is 10.1. The fourth-order valence-electron chi connectivity index (χ4n) is 2.13. The van der Waals surface area contributed by atoms with Crippen molar-refractivity contribution in [1.29, 1.82) is 5.41 Å². The third-order valence-corrected chi connectivity index (χ3v) is 3.24. The molecule has 0 saturated carbocycles. The number of rotatable bonds is 2. The van der Waals surface area contributed by atoms with Crippen molar-refractivity contribution in [2.45, 2.75) is 0 Å². The second-order valence-electron chi connectivity index (χ2n) is 4.61. The molecule has 0 aliphatic carbocycles. The van der Waals surface area contributed by atoms with Crippen molar-refractivity contribution in [2.24, 2.45) is 5.73 Å². The Kier molecular flexibility index (Phi) is 3.60. The largest absolute Gasteiger partial charge is 0.370 e. The van der Waals surface area contributed by atoms with Gasteiger partial charge in [-0.2, -0.15) is 0 Å². The zero-order chi connectivity index (χ0) is 15.7. The predicted octanol–water partition coefficient (Wildman–Crippen LogP) is 3.39. The number of nitrogens with one attached hydrogen (secondary N) is 2. The van der Waals surface area contributed by atoms with E-state index >= 15 is 0 Å². The Labute approximate surface area is 130 Å². The van der Waals surface area contributed by atoms with Gasteiger partial charge in [0.05, 0.1) is 11.2 Å². The summed E-state index contributed by atoms with van der Waals surface area (Å²) in [6.45, 7) is 0. The van der Waals surface area contributed by atoms with Crippen LogP contribution in [0, 0.1) is 11.2 Å². The molecule has 0 atom stereocenters. The molecule has 0 amide bonds. The van der Waals surface area contributed by atoms with E-state index in [0.717, 1.165) is 0 Å². The van der Waals surface area contributed by atoms with Gasteiger partial charge in [-0.15, -0.1) is 0 Å². The molecule has 0 saturated heterocycles. The van der Waals surface area contributed by atoms with Gasteiger partial charge in [0.2, 0.25) is 5.95 Å². The molecule has 22 heavy (non-hydrogen) atoms. The molecule has 3 rings (SSSR count). The van der Waals surface area contributed by atoms with Gasteiger partial charge < -0.3 is 5.73 Å². The van der Waals surface area contributed by atoms with Gasteiger partial charge in [0.15, 0.2) is 5.96 Å². The van der Waals surface area contributed by atoms with Crippen molar-refractivity contribution in [1.82, 2.24) is 9.97 Å². The molecule has 3 aromatic rings. The van der Waals surface area contributed by atoms with Crippen molar-refractivity contribution in [3.8, 4) is 11.3 Å². The van der Waals surface area contributed by atoms with Crippen molar-refractivity contribution < 1.29 is 4.39 Å². The average Bonchev–Trinajstić information content (AvgIpc) is 2.46. The molecule has 5 nitrogen and oxygen atoms in total. The van der Waals surface area contributed by atoms with Gasteiger partial charge in [-0.1, -0.05) is 23.7 Å². The van der Waals surface area contributed by atoms with Crippen molar-refractivity contribution >= 4 is 34.4 Å². The number of benzene rings is 2. The fourth-order valence-corrected chi connectivity index (χ4v) is 2.30. The lowest BCUT2D eigenvalue weighted by Gasteiger charge is -2.10. The number of aromatic nitrogens is 2.